The Morgan fingerprint density at radius 1 is 1.22 bits per heavy atom. The minimum atomic E-state index is -3.82. The SMILES string of the molecule is O=C([C@H]1CCCO1)N1CCc2ccc(NS(=O)(=O)c3ccccc3Cl)cc21. The third-order valence-corrected chi connectivity index (χ3v) is 6.71. The second-order valence-corrected chi connectivity index (χ2v) is 8.68. The largest absolute Gasteiger partial charge is 0.368 e. The predicted molar refractivity (Wildman–Crippen MR) is 104 cm³/mol. The molecule has 1 N–H and O–H groups in total. The fourth-order valence-corrected chi connectivity index (χ4v) is 5.06. The predicted octanol–water partition coefficient (Wildman–Crippen LogP) is 3.21. The highest BCUT2D eigenvalue weighted by Gasteiger charge is 2.33. The van der Waals surface area contributed by atoms with Crippen molar-refractivity contribution in [3.8, 4) is 0 Å². The zero-order valence-corrected chi connectivity index (χ0v) is 16.1. The first-order valence-electron chi connectivity index (χ1n) is 8.79. The monoisotopic (exact) mass is 406 g/mol. The van der Waals surface area contributed by atoms with E-state index >= 15 is 0 Å². The van der Waals surface area contributed by atoms with E-state index in [4.69, 9.17) is 16.3 Å². The van der Waals surface area contributed by atoms with E-state index in [9.17, 15) is 13.2 Å². The van der Waals surface area contributed by atoms with Gasteiger partial charge in [-0.1, -0.05) is 29.8 Å². The molecule has 0 radical (unpaired) electrons. The molecule has 142 valence electrons. The van der Waals surface area contributed by atoms with E-state index < -0.39 is 16.1 Å². The van der Waals surface area contributed by atoms with Gasteiger partial charge >= 0.3 is 0 Å². The van der Waals surface area contributed by atoms with Crippen LogP contribution in [0.1, 0.15) is 18.4 Å². The van der Waals surface area contributed by atoms with Gasteiger partial charge in [0.1, 0.15) is 11.0 Å². The number of anilines is 2. The molecule has 2 aliphatic rings. The number of carbonyl (C=O) groups excluding carboxylic acids is 1. The van der Waals surface area contributed by atoms with Crippen LogP contribution in [0.5, 0.6) is 0 Å². The molecule has 1 fully saturated rings. The van der Waals surface area contributed by atoms with Crippen molar-refractivity contribution in [3.05, 3.63) is 53.1 Å². The van der Waals surface area contributed by atoms with Gasteiger partial charge in [-0.2, -0.15) is 0 Å². The minimum absolute atomic E-state index is 0.0134. The second kappa shape index (κ2) is 7.14. The van der Waals surface area contributed by atoms with Crippen LogP contribution in [0.15, 0.2) is 47.4 Å². The first-order valence-corrected chi connectivity index (χ1v) is 10.6. The molecule has 2 heterocycles. The number of ether oxygens (including phenoxy) is 1. The van der Waals surface area contributed by atoms with Crippen molar-refractivity contribution in [1.82, 2.24) is 0 Å². The van der Waals surface area contributed by atoms with Gasteiger partial charge in [0, 0.05) is 18.8 Å². The molecule has 6 nitrogen and oxygen atoms in total. The lowest BCUT2D eigenvalue weighted by atomic mass is 10.1. The standard InChI is InChI=1S/C19H19ClN2O4S/c20-15-4-1-2-6-18(15)27(24,25)21-14-8-7-13-9-10-22(16(13)12-14)19(23)17-5-3-11-26-17/h1-2,4,6-8,12,17,21H,3,5,9-11H2/t17-/m1/s1. The lowest BCUT2D eigenvalue weighted by molar-refractivity contribution is -0.127. The third-order valence-electron chi connectivity index (χ3n) is 4.83. The third kappa shape index (κ3) is 3.54. The molecule has 0 unspecified atom stereocenters. The van der Waals surface area contributed by atoms with Crippen LogP contribution in [0, 0.1) is 0 Å². The molecule has 1 amide bonds. The van der Waals surface area contributed by atoms with Crippen LogP contribution in [0.4, 0.5) is 11.4 Å². The Bertz CT molecular complexity index is 987. The van der Waals surface area contributed by atoms with Gasteiger partial charge < -0.3 is 9.64 Å². The van der Waals surface area contributed by atoms with Crippen LogP contribution in [0.25, 0.3) is 0 Å². The molecule has 2 aliphatic heterocycles. The van der Waals surface area contributed by atoms with Gasteiger partial charge in [-0.3, -0.25) is 9.52 Å². The van der Waals surface area contributed by atoms with Crippen LogP contribution in [0.2, 0.25) is 5.02 Å². The van der Waals surface area contributed by atoms with Gasteiger partial charge in [0.05, 0.1) is 10.7 Å². The molecule has 0 saturated carbocycles. The summed E-state index contributed by atoms with van der Waals surface area (Å²) in [4.78, 5) is 14.4. The molecule has 8 heteroatoms. The van der Waals surface area contributed by atoms with E-state index in [0.717, 1.165) is 30.5 Å². The zero-order valence-electron chi connectivity index (χ0n) is 14.5. The van der Waals surface area contributed by atoms with Crippen molar-refractivity contribution in [2.45, 2.75) is 30.3 Å². The van der Waals surface area contributed by atoms with Gasteiger partial charge in [0.15, 0.2) is 0 Å². The van der Waals surface area contributed by atoms with E-state index in [1.807, 2.05) is 6.07 Å². The molecule has 1 saturated heterocycles. The molecule has 1 atom stereocenters. The average molecular weight is 407 g/mol. The van der Waals surface area contributed by atoms with Crippen LogP contribution < -0.4 is 9.62 Å². The summed E-state index contributed by atoms with van der Waals surface area (Å²) in [6, 6.07) is 11.5. The van der Waals surface area contributed by atoms with E-state index in [0.29, 0.717) is 18.8 Å². The zero-order chi connectivity index (χ0) is 19.0. The number of fused-ring (bicyclic) bond motifs is 1. The number of hydrogen-bond acceptors (Lipinski definition) is 4. The molecule has 0 aromatic heterocycles. The van der Waals surface area contributed by atoms with Crippen LogP contribution in [-0.4, -0.2) is 33.6 Å². The summed E-state index contributed by atoms with van der Waals surface area (Å²) in [5, 5.41) is 0.154. The number of nitrogens with zero attached hydrogens (tertiary/aromatic N) is 1. The number of amides is 1. The van der Waals surface area contributed by atoms with Crippen molar-refractivity contribution in [2.24, 2.45) is 0 Å². The summed E-state index contributed by atoms with van der Waals surface area (Å²) < 4.78 is 33.4. The second-order valence-electron chi connectivity index (χ2n) is 6.62. The van der Waals surface area contributed by atoms with Gasteiger partial charge in [-0.15, -0.1) is 0 Å². The maximum absolute atomic E-state index is 12.7. The first kappa shape index (κ1) is 18.3. The van der Waals surface area contributed by atoms with E-state index in [1.165, 1.54) is 12.1 Å². The lowest BCUT2D eigenvalue weighted by Gasteiger charge is -2.21. The molecule has 4 rings (SSSR count). The number of halogens is 1. The quantitative estimate of drug-likeness (QED) is 0.845. The van der Waals surface area contributed by atoms with Gasteiger partial charge in [-0.05, 0) is 49.1 Å². The van der Waals surface area contributed by atoms with Crippen molar-refractivity contribution in [2.75, 3.05) is 22.8 Å². The molecular weight excluding hydrogens is 388 g/mol. The number of rotatable bonds is 4. The maximum atomic E-state index is 12.7. The Balaban J connectivity index is 1.60. The Morgan fingerprint density at radius 2 is 2.04 bits per heavy atom. The van der Waals surface area contributed by atoms with Crippen molar-refractivity contribution in [1.29, 1.82) is 0 Å². The van der Waals surface area contributed by atoms with E-state index in [1.54, 1.807) is 29.2 Å². The Kier molecular flexibility index (Phi) is 4.84. The summed E-state index contributed by atoms with van der Waals surface area (Å²) in [6.07, 6.45) is 1.95. The fraction of sp³-hybridized carbons (Fsp3) is 0.316. The molecule has 0 bridgehead atoms. The number of benzene rings is 2. The van der Waals surface area contributed by atoms with Crippen LogP contribution in [-0.2, 0) is 26.0 Å². The molecule has 2 aromatic rings. The smallest absolute Gasteiger partial charge is 0.263 e. The van der Waals surface area contributed by atoms with Gasteiger partial charge in [-0.25, -0.2) is 8.42 Å². The normalized spacial score (nSPS) is 19.1. The van der Waals surface area contributed by atoms with Crippen molar-refractivity contribution >= 4 is 38.9 Å². The molecular formula is C19H19ClN2O4S. The lowest BCUT2D eigenvalue weighted by Crippen LogP contribution is -2.37. The number of carbonyl (C=O) groups is 1. The van der Waals surface area contributed by atoms with Crippen LogP contribution >= 0.6 is 11.6 Å². The fourth-order valence-electron chi connectivity index (χ4n) is 3.49. The maximum Gasteiger partial charge on any atom is 0.263 e. The molecule has 27 heavy (non-hydrogen) atoms. The highest BCUT2D eigenvalue weighted by molar-refractivity contribution is 7.92. The number of hydrogen-bond donors (Lipinski definition) is 1. The molecule has 2 aromatic carbocycles. The first-order chi connectivity index (χ1) is 13.0. The summed E-state index contributed by atoms with van der Waals surface area (Å²) in [7, 11) is -3.82. The summed E-state index contributed by atoms with van der Waals surface area (Å²) in [5.41, 5.74) is 2.14. The Hall–Kier alpha value is -2.09. The Morgan fingerprint density at radius 3 is 2.78 bits per heavy atom. The van der Waals surface area contributed by atoms with Gasteiger partial charge in [0.2, 0.25) is 0 Å². The van der Waals surface area contributed by atoms with E-state index in [-0.39, 0.29) is 15.8 Å². The summed E-state index contributed by atoms with van der Waals surface area (Å²) >= 11 is 6.02. The minimum Gasteiger partial charge on any atom is -0.368 e. The van der Waals surface area contributed by atoms with Gasteiger partial charge in [0.25, 0.3) is 15.9 Å². The van der Waals surface area contributed by atoms with E-state index in [2.05, 4.69) is 4.72 Å². The van der Waals surface area contributed by atoms with Crippen molar-refractivity contribution in [3.63, 3.8) is 0 Å². The molecule has 0 spiro atoms. The Labute approximate surface area is 163 Å². The number of sulfonamides is 1. The molecule has 0 aliphatic carbocycles. The highest BCUT2D eigenvalue weighted by atomic mass is 35.5. The van der Waals surface area contributed by atoms with Crippen LogP contribution in [0.3, 0.4) is 0 Å². The topological polar surface area (TPSA) is 75.7 Å². The number of nitrogens with one attached hydrogen (secondary N) is 1. The average Bonchev–Trinajstić information content (AvgIpc) is 3.31. The summed E-state index contributed by atoms with van der Waals surface area (Å²) in [5.74, 6) is -0.0580. The van der Waals surface area contributed by atoms with Crippen molar-refractivity contribution < 1.29 is 17.9 Å². The summed E-state index contributed by atoms with van der Waals surface area (Å²) in [6.45, 7) is 1.18. The highest BCUT2D eigenvalue weighted by Crippen LogP contribution is 2.33.